The Morgan fingerprint density at radius 2 is 2.04 bits per heavy atom. The van der Waals surface area contributed by atoms with Crippen molar-refractivity contribution in [3.8, 4) is 22.8 Å². The van der Waals surface area contributed by atoms with E-state index in [1.54, 1.807) is 25.3 Å². The first-order valence-electron chi connectivity index (χ1n) is 7.94. The zero-order chi connectivity index (χ0) is 17.8. The van der Waals surface area contributed by atoms with Gasteiger partial charge in [0.1, 0.15) is 11.5 Å². The number of carbonyl (C=O) groups excluding carboxylic acids is 1. The number of phenolic OH excluding ortho intramolecular Hbond substituents is 1. The molecule has 6 nitrogen and oxygen atoms in total. The van der Waals surface area contributed by atoms with Crippen molar-refractivity contribution in [3.05, 3.63) is 59.7 Å². The van der Waals surface area contributed by atoms with E-state index >= 15 is 0 Å². The molecule has 6 heteroatoms. The van der Waals surface area contributed by atoms with Crippen molar-refractivity contribution in [1.29, 1.82) is 0 Å². The Morgan fingerprint density at radius 1 is 1.24 bits per heavy atom. The van der Waals surface area contributed by atoms with Crippen LogP contribution in [-0.2, 0) is 6.42 Å². The number of ether oxygens (including phenoxy) is 1. The number of nitrogens with one attached hydrogen (secondary N) is 2. The highest BCUT2D eigenvalue weighted by Gasteiger charge is 2.15. The third kappa shape index (κ3) is 3.47. The van der Waals surface area contributed by atoms with Crippen molar-refractivity contribution in [2.45, 2.75) is 13.3 Å². The topological polar surface area (TPSA) is 87.2 Å². The fourth-order valence-electron chi connectivity index (χ4n) is 2.56. The second-order valence-electron chi connectivity index (χ2n) is 5.53. The molecule has 2 aromatic carbocycles. The largest absolute Gasteiger partial charge is 0.507 e. The first-order valence-corrected chi connectivity index (χ1v) is 7.94. The zero-order valence-electron chi connectivity index (χ0n) is 14.0. The highest BCUT2D eigenvalue weighted by Crippen LogP contribution is 2.29. The monoisotopic (exact) mass is 337 g/mol. The molecule has 3 rings (SSSR count). The average molecular weight is 337 g/mol. The van der Waals surface area contributed by atoms with Gasteiger partial charge in [-0.1, -0.05) is 25.1 Å². The number of methoxy groups -OCH3 is 1. The van der Waals surface area contributed by atoms with Crippen molar-refractivity contribution >= 4 is 11.7 Å². The van der Waals surface area contributed by atoms with Crippen LogP contribution in [0.1, 0.15) is 22.8 Å². The predicted molar refractivity (Wildman–Crippen MR) is 96.0 cm³/mol. The van der Waals surface area contributed by atoms with E-state index in [1.807, 2.05) is 31.2 Å². The Balaban J connectivity index is 1.83. The normalized spacial score (nSPS) is 10.5. The summed E-state index contributed by atoms with van der Waals surface area (Å²) in [7, 11) is 1.60. The van der Waals surface area contributed by atoms with E-state index in [9.17, 15) is 9.90 Å². The van der Waals surface area contributed by atoms with Crippen LogP contribution in [0, 0.1) is 0 Å². The molecule has 25 heavy (non-hydrogen) atoms. The molecule has 1 aromatic heterocycles. The molecule has 1 heterocycles. The summed E-state index contributed by atoms with van der Waals surface area (Å²) in [6.07, 6.45) is 0.779. The molecule has 0 aliphatic rings. The van der Waals surface area contributed by atoms with E-state index in [2.05, 4.69) is 15.5 Å². The van der Waals surface area contributed by atoms with Crippen LogP contribution in [0.25, 0.3) is 11.3 Å². The molecule has 0 saturated heterocycles. The van der Waals surface area contributed by atoms with Gasteiger partial charge in [-0.05, 0) is 36.2 Å². The van der Waals surface area contributed by atoms with Crippen LogP contribution in [-0.4, -0.2) is 28.3 Å². The number of amides is 1. The highest BCUT2D eigenvalue weighted by atomic mass is 16.5. The van der Waals surface area contributed by atoms with Crippen molar-refractivity contribution < 1.29 is 14.6 Å². The Hall–Kier alpha value is -3.28. The fourth-order valence-corrected chi connectivity index (χ4v) is 2.56. The van der Waals surface area contributed by atoms with Gasteiger partial charge in [0.2, 0.25) is 0 Å². The summed E-state index contributed by atoms with van der Waals surface area (Å²) in [4.78, 5) is 12.4. The van der Waals surface area contributed by atoms with Gasteiger partial charge in [0.05, 0.1) is 18.4 Å². The number of aromatic hydroxyl groups is 1. The maximum absolute atomic E-state index is 12.4. The number of nitrogens with zero attached hydrogens (tertiary/aromatic N) is 1. The fraction of sp³-hybridized carbons (Fsp3) is 0.158. The van der Waals surface area contributed by atoms with Crippen LogP contribution >= 0.6 is 0 Å². The molecule has 0 radical (unpaired) electrons. The van der Waals surface area contributed by atoms with E-state index in [4.69, 9.17) is 4.74 Å². The lowest BCUT2D eigenvalue weighted by atomic mass is 10.1. The second kappa shape index (κ2) is 7.09. The molecule has 0 aliphatic heterocycles. The van der Waals surface area contributed by atoms with Crippen molar-refractivity contribution in [3.63, 3.8) is 0 Å². The lowest BCUT2D eigenvalue weighted by Gasteiger charge is -2.06. The Morgan fingerprint density at radius 3 is 2.80 bits per heavy atom. The van der Waals surface area contributed by atoms with Crippen molar-refractivity contribution in [2.75, 3.05) is 12.4 Å². The predicted octanol–water partition coefficient (Wildman–Crippen LogP) is 3.61. The second-order valence-corrected chi connectivity index (χ2v) is 5.53. The molecule has 1 amide bonds. The minimum Gasteiger partial charge on any atom is -0.507 e. The molecule has 0 fully saturated rings. The van der Waals surface area contributed by atoms with Gasteiger partial charge in [-0.3, -0.25) is 9.89 Å². The standard InChI is InChI=1S/C19H19N3O3/c1-3-12-8-9-16(23)14(10-12)19(24)20-18-11-15(21-22-18)13-6-4-5-7-17(13)25-2/h4-11,23H,3H2,1-2H3,(H2,20,21,22,24). The number of hydrogen-bond acceptors (Lipinski definition) is 4. The molecule has 3 aromatic rings. The number of aromatic amines is 1. The number of benzene rings is 2. The molecule has 0 spiro atoms. The molecule has 0 aliphatic carbocycles. The SMILES string of the molecule is CCc1ccc(O)c(C(=O)Nc2cc(-c3ccccc3OC)[nH]n2)c1. The molecule has 0 saturated carbocycles. The van der Waals surface area contributed by atoms with Gasteiger partial charge in [-0.25, -0.2) is 0 Å². The molecule has 0 bridgehead atoms. The number of para-hydroxylation sites is 1. The summed E-state index contributed by atoms with van der Waals surface area (Å²) in [5, 5.41) is 19.6. The van der Waals surface area contributed by atoms with E-state index in [-0.39, 0.29) is 11.3 Å². The van der Waals surface area contributed by atoms with Crippen LogP contribution in [0.4, 0.5) is 5.82 Å². The molecule has 0 unspecified atom stereocenters. The maximum Gasteiger partial charge on any atom is 0.260 e. The number of rotatable bonds is 5. The summed E-state index contributed by atoms with van der Waals surface area (Å²) in [5.41, 5.74) is 2.76. The number of anilines is 1. The number of carbonyl (C=O) groups is 1. The van der Waals surface area contributed by atoms with Crippen LogP contribution < -0.4 is 10.1 Å². The molecular formula is C19H19N3O3. The Bertz CT molecular complexity index is 902. The number of aryl methyl sites for hydroxylation is 1. The highest BCUT2D eigenvalue weighted by molar-refractivity contribution is 6.06. The van der Waals surface area contributed by atoms with E-state index < -0.39 is 5.91 Å². The summed E-state index contributed by atoms with van der Waals surface area (Å²) in [6.45, 7) is 1.99. The lowest BCUT2D eigenvalue weighted by Crippen LogP contribution is -2.12. The van der Waals surface area contributed by atoms with Gasteiger partial charge < -0.3 is 15.2 Å². The smallest absolute Gasteiger partial charge is 0.260 e. The zero-order valence-corrected chi connectivity index (χ0v) is 14.0. The van der Waals surface area contributed by atoms with Crippen LogP contribution in [0.5, 0.6) is 11.5 Å². The van der Waals surface area contributed by atoms with Gasteiger partial charge in [0.15, 0.2) is 5.82 Å². The number of hydrogen-bond donors (Lipinski definition) is 3. The molecule has 128 valence electrons. The molecular weight excluding hydrogens is 318 g/mol. The van der Waals surface area contributed by atoms with Gasteiger partial charge in [-0.2, -0.15) is 5.10 Å². The Kier molecular flexibility index (Phi) is 4.70. The number of phenols is 1. The quantitative estimate of drug-likeness (QED) is 0.664. The third-order valence-corrected chi connectivity index (χ3v) is 3.93. The van der Waals surface area contributed by atoms with Crippen LogP contribution in [0.2, 0.25) is 0 Å². The van der Waals surface area contributed by atoms with Crippen LogP contribution in [0.3, 0.4) is 0 Å². The van der Waals surface area contributed by atoms with E-state index in [0.717, 1.165) is 23.2 Å². The minimum absolute atomic E-state index is 0.0600. The Labute approximate surface area is 145 Å². The lowest BCUT2D eigenvalue weighted by molar-refractivity contribution is 0.102. The average Bonchev–Trinajstić information content (AvgIpc) is 3.10. The van der Waals surface area contributed by atoms with Crippen LogP contribution in [0.15, 0.2) is 48.5 Å². The van der Waals surface area contributed by atoms with Gasteiger partial charge in [0, 0.05) is 11.6 Å². The first kappa shape index (κ1) is 16.6. The molecule has 3 N–H and O–H groups in total. The summed E-state index contributed by atoms with van der Waals surface area (Å²) in [5.74, 6) is 0.602. The van der Waals surface area contributed by atoms with Gasteiger partial charge >= 0.3 is 0 Å². The number of H-pyrrole nitrogens is 1. The van der Waals surface area contributed by atoms with Crippen molar-refractivity contribution in [2.24, 2.45) is 0 Å². The van der Waals surface area contributed by atoms with Gasteiger partial charge in [0.25, 0.3) is 5.91 Å². The summed E-state index contributed by atoms with van der Waals surface area (Å²) >= 11 is 0. The first-order chi connectivity index (χ1) is 12.1. The molecule has 0 atom stereocenters. The summed E-state index contributed by atoms with van der Waals surface area (Å²) in [6, 6.07) is 14.2. The third-order valence-electron chi connectivity index (χ3n) is 3.93. The number of aromatic nitrogens is 2. The maximum atomic E-state index is 12.4. The van der Waals surface area contributed by atoms with Crippen molar-refractivity contribution in [1.82, 2.24) is 10.2 Å². The van der Waals surface area contributed by atoms with E-state index in [1.165, 1.54) is 6.07 Å². The van der Waals surface area contributed by atoms with E-state index in [0.29, 0.717) is 11.6 Å². The van der Waals surface area contributed by atoms with Gasteiger partial charge in [-0.15, -0.1) is 0 Å². The summed E-state index contributed by atoms with van der Waals surface area (Å²) < 4.78 is 5.33. The minimum atomic E-state index is -0.411.